The second-order valence-electron chi connectivity index (χ2n) is 6.71. The van der Waals surface area contributed by atoms with Gasteiger partial charge in [0, 0.05) is 25.7 Å². The van der Waals surface area contributed by atoms with Crippen molar-refractivity contribution in [1.29, 1.82) is 0 Å². The lowest BCUT2D eigenvalue weighted by atomic mass is 10.0. The van der Waals surface area contributed by atoms with Crippen molar-refractivity contribution in [3.63, 3.8) is 0 Å². The summed E-state index contributed by atoms with van der Waals surface area (Å²) in [7, 11) is 0. The van der Waals surface area contributed by atoms with Gasteiger partial charge < -0.3 is 14.4 Å². The number of carbonyl (C=O) groups excluding carboxylic acids is 2. The number of aliphatic hydroxyl groups excluding tert-OH is 1. The smallest absolute Gasteiger partial charge is 0.152 e. The van der Waals surface area contributed by atoms with Crippen LogP contribution >= 0.6 is 0 Å². The Labute approximate surface area is 129 Å². The molecule has 0 bridgehead atoms. The minimum atomic E-state index is -0.135. The molecule has 21 heavy (non-hydrogen) atoms. The second kappa shape index (κ2) is 9.31. The number of rotatable bonds is 12. The van der Waals surface area contributed by atoms with Crippen LogP contribution in [-0.2, 0) is 9.59 Å². The fourth-order valence-electron chi connectivity index (χ4n) is 3.24. The minimum absolute atomic E-state index is 0.135. The first kappa shape index (κ1) is 18.3. The monoisotopic (exact) mass is 298 g/mol. The fourth-order valence-corrected chi connectivity index (χ4v) is 3.24. The zero-order valence-electron chi connectivity index (χ0n) is 13.8. The lowest BCUT2D eigenvalue weighted by Gasteiger charge is -2.48. The van der Waals surface area contributed by atoms with Crippen LogP contribution in [0.2, 0.25) is 0 Å². The molecule has 0 aromatic heterocycles. The predicted octanol–water partition coefficient (Wildman–Crippen LogP) is 2.48. The van der Waals surface area contributed by atoms with E-state index in [2.05, 4.69) is 6.92 Å². The SMILES string of the molecule is CCCC[N+]1(CCCC(=O)CCCCC(C)=O)CC(O)C1. The first-order valence-electron chi connectivity index (χ1n) is 8.52. The van der Waals surface area contributed by atoms with Crippen molar-refractivity contribution >= 4 is 11.6 Å². The number of unbranched alkanes of at least 4 members (excludes halogenated alkanes) is 2. The van der Waals surface area contributed by atoms with Gasteiger partial charge in [0.15, 0.2) is 6.10 Å². The fraction of sp³-hybridized carbons (Fsp3) is 0.882. The van der Waals surface area contributed by atoms with Crippen LogP contribution in [0, 0.1) is 0 Å². The lowest BCUT2D eigenvalue weighted by molar-refractivity contribution is -0.972. The van der Waals surface area contributed by atoms with Crippen molar-refractivity contribution in [3.8, 4) is 0 Å². The van der Waals surface area contributed by atoms with Crippen LogP contribution in [0.15, 0.2) is 0 Å². The van der Waals surface area contributed by atoms with Gasteiger partial charge in [-0.1, -0.05) is 13.3 Å². The summed E-state index contributed by atoms with van der Waals surface area (Å²) in [6.07, 6.45) is 6.73. The average molecular weight is 298 g/mol. The molecule has 4 heteroatoms. The highest BCUT2D eigenvalue weighted by molar-refractivity contribution is 5.78. The zero-order valence-corrected chi connectivity index (χ0v) is 13.8. The Morgan fingerprint density at radius 2 is 1.57 bits per heavy atom. The summed E-state index contributed by atoms with van der Waals surface area (Å²) >= 11 is 0. The van der Waals surface area contributed by atoms with E-state index in [9.17, 15) is 14.7 Å². The Kier molecular flexibility index (Phi) is 8.12. The number of Topliss-reactive ketones (excluding diaryl/α,β-unsaturated/α-hetero) is 2. The average Bonchev–Trinajstić information content (AvgIpc) is 2.39. The normalized spacial score (nSPS) is 24.6. The number of hydrogen-bond acceptors (Lipinski definition) is 3. The molecule has 1 fully saturated rings. The highest BCUT2D eigenvalue weighted by atomic mass is 16.3. The van der Waals surface area contributed by atoms with Gasteiger partial charge in [0.05, 0.1) is 13.1 Å². The molecule has 1 saturated heterocycles. The first-order valence-corrected chi connectivity index (χ1v) is 8.52. The Balaban J connectivity index is 2.13. The topological polar surface area (TPSA) is 54.4 Å². The van der Waals surface area contributed by atoms with E-state index in [1.807, 2.05) is 0 Å². The van der Waals surface area contributed by atoms with Crippen LogP contribution in [0.5, 0.6) is 0 Å². The van der Waals surface area contributed by atoms with Crippen LogP contribution in [0.1, 0.15) is 65.2 Å². The van der Waals surface area contributed by atoms with E-state index in [-0.39, 0.29) is 11.9 Å². The number of aliphatic hydroxyl groups is 1. The Hall–Kier alpha value is -0.740. The number of carbonyl (C=O) groups is 2. The van der Waals surface area contributed by atoms with Crippen LogP contribution in [0.3, 0.4) is 0 Å². The van der Waals surface area contributed by atoms with E-state index in [4.69, 9.17) is 0 Å². The quantitative estimate of drug-likeness (QED) is 0.445. The molecule has 0 spiro atoms. The van der Waals surface area contributed by atoms with Crippen molar-refractivity contribution in [2.24, 2.45) is 0 Å². The highest BCUT2D eigenvalue weighted by Gasteiger charge is 2.41. The molecule has 1 N–H and O–H groups in total. The van der Waals surface area contributed by atoms with E-state index < -0.39 is 0 Å². The van der Waals surface area contributed by atoms with Crippen molar-refractivity contribution < 1.29 is 19.2 Å². The van der Waals surface area contributed by atoms with Crippen molar-refractivity contribution in [2.75, 3.05) is 26.2 Å². The molecule has 122 valence electrons. The molecular formula is C17H32NO3+. The van der Waals surface area contributed by atoms with Crippen molar-refractivity contribution in [1.82, 2.24) is 0 Å². The number of likely N-dealkylation sites (tertiary alicyclic amines) is 1. The van der Waals surface area contributed by atoms with Gasteiger partial charge in [0.1, 0.15) is 24.7 Å². The number of ketones is 2. The molecule has 1 aliphatic rings. The Morgan fingerprint density at radius 3 is 2.14 bits per heavy atom. The number of quaternary nitrogens is 1. The van der Waals surface area contributed by atoms with Gasteiger partial charge in [-0.3, -0.25) is 4.79 Å². The molecule has 0 radical (unpaired) electrons. The van der Waals surface area contributed by atoms with Crippen LogP contribution in [-0.4, -0.2) is 53.4 Å². The maximum absolute atomic E-state index is 11.8. The van der Waals surface area contributed by atoms with Crippen molar-refractivity contribution in [3.05, 3.63) is 0 Å². The van der Waals surface area contributed by atoms with Gasteiger partial charge in [-0.05, 0) is 26.2 Å². The summed E-state index contributed by atoms with van der Waals surface area (Å²) in [6.45, 7) is 7.69. The molecule has 1 heterocycles. The molecule has 0 amide bonds. The Bertz CT molecular complexity index is 335. The van der Waals surface area contributed by atoms with Gasteiger partial charge in [-0.25, -0.2) is 0 Å². The van der Waals surface area contributed by atoms with Crippen LogP contribution in [0.4, 0.5) is 0 Å². The molecule has 0 aliphatic carbocycles. The zero-order chi connectivity index (χ0) is 15.7. The van der Waals surface area contributed by atoms with E-state index >= 15 is 0 Å². The molecule has 0 aromatic rings. The molecule has 1 rings (SSSR count). The van der Waals surface area contributed by atoms with Crippen LogP contribution < -0.4 is 0 Å². The summed E-state index contributed by atoms with van der Waals surface area (Å²) in [4.78, 5) is 22.6. The molecule has 0 saturated carbocycles. The number of hydrogen-bond donors (Lipinski definition) is 1. The second-order valence-corrected chi connectivity index (χ2v) is 6.71. The molecule has 0 unspecified atom stereocenters. The highest BCUT2D eigenvalue weighted by Crippen LogP contribution is 2.23. The van der Waals surface area contributed by atoms with E-state index in [1.54, 1.807) is 6.92 Å². The standard InChI is InChI=1S/C17H32NO3/c1-3-4-11-18(13-17(21)14-18)12-7-10-16(20)9-6-5-8-15(2)19/h17,21H,3-14H2,1-2H3/q+1. The number of nitrogens with zero attached hydrogens (tertiary/aromatic N) is 1. The van der Waals surface area contributed by atoms with E-state index in [0.717, 1.165) is 49.9 Å². The summed E-state index contributed by atoms with van der Waals surface area (Å²) in [5.41, 5.74) is 0. The molecule has 0 aromatic carbocycles. The molecule has 0 atom stereocenters. The third kappa shape index (κ3) is 7.18. The van der Waals surface area contributed by atoms with Crippen molar-refractivity contribution in [2.45, 2.75) is 71.3 Å². The summed E-state index contributed by atoms with van der Waals surface area (Å²) in [6, 6.07) is 0. The molecule has 1 aliphatic heterocycles. The van der Waals surface area contributed by atoms with Gasteiger partial charge in [-0.2, -0.15) is 0 Å². The van der Waals surface area contributed by atoms with E-state index in [1.165, 1.54) is 12.8 Å². The van der Waals surface area contributed by atoms with E-state index in [0.29, 0.717) is 25.0 Å². The Morgan fingerprint density at radius 1 is 1.00 bits per heavy atom. The summed E-state index contributed by atoms with van der Waals surface area (Å²) in [5, 5.41) is 9.57. The maximum atomic E-state index is 11.8. The minimum Gasteiger partial charge on any atom is -0.382 e. The lowest BCUT2D eigenvalue weighted by Crippen LogP contribution is -2.67. The first-order chi connectivity index (χ1) is 9.97. The van der Waals surface area contributed by atoms with Gasteiger partial charge in [-0.15, -0.1) is 0 Å². The maximum Gasteiger partial charge on any atom is 0.152 e. The summed E-state index contributed by atoms with van der Waals surface area (Å²) < 4.78 is 1.01. The molecule has 4 nitrogen and oxygen atoms in total. The van der Waals surface area contributed by atoms with Crippen LogP contribution in [0.25, 0.3) is 0 Å². The summed E-state index contributed by atoms with van der Waals surface area (Å²) in [5.74, 6) is 0.537. The third-order valence-electron chi connectivity index (χ3n) is 4.50. The molecular weight excluding hydrogens is 266 g/mol. The largest absolute Gasteiger partial charge is 0.382 e. The van der Waals surface area contributed by atoms with Gasteiger partial charge in [0.2, 0.25) is 0 Å². The van der Waals surface area contributed by atoms with Gasteiger partial charge >= 0.3 is 0 Å². The van der Waals surface area contributed by atoms with Gasteiger partial charge in [0.25, 0.3) is 0 Å². The third-order valence-corrected chi connectivity index (χ3v) is 4.50. The predicted molar refractivity (Wildman–Crippen MR) is 84.0 cm³/mol.